The first-order valence-corrected chi connectivity index (χ1v) is 7.12. The van der Waals surface area contributed by atoms with Crippen LogP contribution in [-0.2, 0) is 16.4 Å². The highest BCUT2D eigenvalue weighted by atomic mass is 32.2. The number of carboxylic acids is 1. The SMILES string of the molecule is CC(C)S(=O)(=O)CCn1c(C(=O)O)cccc1=O. The van der Waals surface area contributed by atoms with Crippen LogP contribution in [0.5, 0.6) is 0 Å². The van der Waals surface area contributed by atoms with Crippen LogP contribution in [-0.4, -0.2) is 35.1 Å². The van der Waals surface area contributed by atoms with Crippen molar-refractivity contribution in [2.75, 3.05) is 5.75 Å². The van der Waals surface area contributed by atoms with E-state index in [1.807, 2.05) is 0 Å². The van der Waals surface area contributed by atoms with Crippen molar-refractivity contribution in [2.24, 2.45) is 0 Å². The van der Waals surface area contributed by atoms with Gasteiger partial charge in [0.1, 0.15) is 5.69 Å². The fourth-order valence-corrected chi connectivity index (χ4v) is 2.30. The van der Waals surface area contributed by atoms with Gasteiger partial charge in [-0.05, 0) is 19.9 Å². The quantitative estimate of drug-likeness (QED) is 0.836. The second-order valence-electron chi connectivity index (χ2n) is 4.12. The predicted molar refractivity (Wildman–Crippen MR) is 66.6 cm³/mol. The molecule has 7 heteroatoms. The Morgan fingerprint density at radius 1 is 1.39 bits per heavy atom. The van der Waals surface area contributed by atoms with Crippen molar-refractivity contribution in [1.29, 1.82) is 0 Å². The maximum Gasteiger partial charge on any atom is 0.352 e. The lowest BCUT2D eigenvalue weighted by molar-refractivity contribution is 0.0683. The summed E-state index contributed by atoms with van der Waals surface area (Å²) >= 11 is 0. The molecule has 0 amide bonds. The molecular formula is C11H15NO5S. The zero-order valence-corrected chi connectivity index (χ0v) is 11.0. The number of hydrogen-bond acceptors (Lipinski definition) is 4. The number of rotatable bonds is 5. The molecule has 6 nitrogen and oxygen atoms in total. The molecule has 0 fully saturated rings. The van der Waals surface area contributed by atoms with E-state index in [1.165, 1.54) is 18.2 Å². The molecule has 18 heavy (non-hydrogen) atoms. The smallest absolute Gasteiger partial charge is 0.352 e. The minimum absolute atomic E-state index is 0.151. The molecule has 0 aliphatic rings. The summed E-state index contributed by atoms with van der Waals surface area (Å²) in [5.41, 5.74) is -0.727. The van der Waals surface area contributed by atoms with Gasteiger partial charge in [0, 0.05) is 12.6 Å². The Morgan fingerprint density at radius 2 is 2.00 bits per heavy atom. The van der Waals surface area contributed by atoms with Crippen LogP contribution in [0, 0.1) is 0 Å². The van der Waals surface area contributed by atoms with E-state index in [2.05, 4.69) is 0 Å². The van der Waals surface area contributed by atoms with Gasteiger partial charge in [-0.1, -0.05) is 6.07 Å². The Balaban J connectivity index is 3.06. The standard InChI is InChI=1S/C11H15NO5S/c1-8(2)18(16,17)7-6-12-9(11(14)15)4-3-5-10(12)13/h3-5,8H,6-7H2,1-2H3,(H,14,15). The molecule has 1 rings (SSSR count). The second kappa shape index (κ2) is 5.34. The van der Waals surface area contributed by atoms with Gasteiger partial charge in [-0.2, -0.15) is 0 Å². The number of carbonyl (C=O) groups is 1. The highest BCUT2D eigenvalue weighted by molar-refractivity contribution is 7.91. The second-order valence-corrected chi connectivity index (χ2v) is 6.80. The number of hydrogen-bond donors (Lipinski definition) is 1. The van der Waals surface area contributed by atoms with Gasteiger partial charge < -0.3 is 9.67 Å². The molecule has 0 bridgehead atoms. The van der Waals surface area contributed by atoms with Crippen molar-refractivity contribution in [3.8, 4) is 0 Å². The lowest BCUT2D eigenvalue weighted by Gasteiger charge is -2.11. The summed E-state index contributed by atoms with van der Waals surface area (Å²) in [5.74, 6) is -1.51. The Bertz CT molecular complexity index is 600. The molecule has 0 aromatic carbocycles. The molecule has 0 saturated heterocycles. The zero-order chi connectivity index (χ0) is 13.9. The molecule has 0 unspecified atom stereocenters. The summed E-state index contributed by atoms with van der Waals surface area (Å²) in [6.07, 6.45) is 0. The van der Waals surface area contributed by atoms with Gasteiger partial charge in [-0.15, -0.1) is 0 Å². The minimum Gasteiger partial charge on any atom is -0.477 e. The first kappa shape index (κ1) is 14.4. The Kier molecular flexibility index (Phi) is 4.28. The molecule has 0 atom stereocenters. The minimum atomic E-state index is -3.31. The summed E-state index contributed by atoms with van der Waals surface area (Å²) in [4.78, 5) is 22.5. The summed E-state index contributed by atoms with van der Waals surface area (Å²) in [7, 11) is -3.31. The largest absolute Gasteiger partial charge is 0.477 e. The fourth-order valence-electron chi connectivity index (χ4n) is 1.39. The molecular weight excluding hydrogens is 258 g/mol. The maximum atomic E-state index is 11.6. The molecule has 1 heterocycles. The lowest BCUT2D eigenvalue weighted by atomic mass is 10.3. The van der Waals surface area contributed by atoms with E-state index in [-0.39, 0.29) is 18.0 Å². The van der Waals surface area contributed by atoms with Gasteiger partial charge in [-0.3, -0.25) is 4.79 Å². The number of sulfone groups is 1. The molecule has 100 valence electrons. The van der Waals surface area contributed by atoms with E-state index < -0.39 is 26.6 Å². The van der Waals surface area contributed by atoms with E-state index in [9.17, 15) is 18.0 Å². The van der Waals surface area contributed by atoms with Gasteiger partial charge in [0.2, 0.25) is 0 Å². The van der Waals surface area contributed by atoms with Crippen molar-refractivity contribution in [3.05, 3.63) is 34.2 Å². The first-order chi connectivity index (χ1) is 8.25. The number of carboxylic acid groups (broad SMARTS) is 1. The Labute approximate surface area is 105 Å². The Hall–Kier alpha value is -1.63. The number of pyridine rings is 1. The van der Waals surface area contributed by atoms with E-state index in [0.717, 1.165) is 4.57 Å². The van der Waals surface area contributed by atoms with Gasteiger partial charge >= 0.3 is 5.97 Å². The van der Waals surface area contributed by atoms with Gasteiger partial charge in [0.15, 0.2) is 9.84 Å². The van der Waals surface area contributed by atoms with Crippen molar-refractivity contribution in [3.63, 3.8) is 0 Å². The average Bonchev–Trinajstić information content (AvgIpc) is 2.26. The normalized spacial score (nSPS) is 11.7. The number of aromatic nitrogens is 1. The predicted octanol–water partition coefficient (Wildman–Crippen LogP) is 0.370. The van der Waals surface area contributed by atoms with Crippen LogP contribution in [0.1, 0.15) is 24.3 Å². The summed E-state index contributed by atoms with van der Waals surface area (Å²) in [5, 5.41) is 8.37. The van der Waals surface area contributed by atoms with Crippen molar-refractivity contribution in [1.82, 2.24) is 4.57 Å². The summed E-state index contributed by atoms with van der Waals surface area (Å²) in [6.45, 7) is 2.93. The van der Waals surface area contributed by atoms with Crippen LogP contribution in [0.2, 0.25) is 0 Å². The molecule has 1 N–H and O–H groups in total. The molecule has 0 radical (unpaired) electrons. The van der Waals surface area contributed by atoms with Crippen molar-refractivity contribution in [2.45, 2.75) is 25.6 Å². The first-order valence-electron chi connectivity index (χ1n) is 5.40. The van der Waals surface area contributed by atoms with E-state index in [1.54, 1.807) is 13.8 Å². The van der Waals surface area contributed by atoms with Crippen LogP contribution in [0.15, 0.2) is 23.0 Å². The van der Waals surface area contributed by atoms with E-state index in [0.29, 0.717) is 0 Å². The van der Waals surface area contributed by atoms with Crippen LogP contribution in [0.25, 0.3) is 0 Å². The third-order valence-corrected chi connectivity index (χ3v) is 4.77. The maximum absolute atomic E-state index is 11.6. The molecule has 0 spiro atoms. The van der Waals surface area contributed by atoms with Crippen molar-refractivity contribution < 1.29 is 18.3 Å². The van der Waals surface area contributed by atoms with Gasteiger partial charge in [-0.25, -0.2) is 13.2 Å². The summed E-state index contributed by atoms with van der Waals surface area (Å²) in [6, 6.07) is 3.80. The third-order valence-electron chi connectivity index (χ3n) is 2.59. The van der Waals surface area contributed by atoms with Crippen molar-refractivity contribution >= 4 is 15.8 Å². The molecule has 1 aromatic heterocycles. The fraction of sp³-hybridized carbons (Fsp3) is 0.455. The van der Waals surface area contributed by atoms with Gasteiger partial charge in [0.25, 0.3) is 5.56 Å². The molecule has 1 aromatic rings. The van der Waals surface area contributed by atoms with Crippen LogP contribution < -0.4 is 5.56 Å². The number of aromatic carboxylic acids is 1. The van der Waals surface area contributed by atoms with Crippen LogP contribution in [0.4, 0.5) is 0 Å². The molecule has 0 aliphatic heterocycles. The third kappa shape index (κ3) is 3.19. The van der Waals surface area contributed by atoms with Crippen LogP contribution >= 0.6 is 0 Å². The topological polar surface area (TPSA) is 93.4 Å². The Morgan fingerprint density at radius 3 is 2.50 bits per heavy atom. The highest BCUT2D eigenvalue weighted by Crippen LogP contribution is 2.03. The summed E-state index contributed by atoms with van der Waals surface area (Å²) < 4.78 is 24.2. The van der Waals surface area contributed by atoms with E-state index in [4.69, 9.17) is 5.11 Å². The van der Waals surface area contributed by atoms with Gasteiger partial charge in [0.05, 0.1) is 11.0 Å². The molecule has 0 saturated carbocycles. The monoisotopic (exact) mass is 273 g/mol. The highest BCUT2D eigenvalue weighted by Gasteiger charge is 2.18. The lowest BCUT2D eigenvalue weighted by Crippen LogP contribution is -2.30. The number of nitrogens with zero attached hydrogens (tertiary/aromatic N) is 1. The zero-order valence-electron chi connectivity index (χ0n) is 10.2. The average molecular weight is 273 g/mol. The van der Waals surface area contributed by atoms with E-state index >= 15 is 0 Å². The molecule has 0 aliphatic carbocycles. The van der Waals surface area contributed by atoms with Crippen LogP contribution in [0.3, 0.4) is 0 Å².